The summed E-state index contributed by atoms with van der Waals surface area (Å²) in [5.41, 5.74) is 1.83. The van der Waals surface area contributed by atoms with Crippen LogP contribution in [-0.2, 0) is 0 Å². The Balaban J connectivity index is 2.28. The maximum Gasteiger partial charge on any atom is 0.103 e. The van der Waals surface area contributed by atoms with Crippen molar-refractivity contribution in [3.63, 3.8) is 0 Å². The first-order chi connectivity index (χ1) is 7.14. The molecule has 3 heteroatoms. The van der Waals surface area contributed by atoms with Crippen molar-refractivity contribution >= 4 is 21.6 Å². The van der Waals surface area contributed by atoms with Crippen molar-refractivity contribution in [3.8, 4) is 6.07 Å². The highest BCUT2D eigenvalue weighted by Gasteiger charge is 2.32. The van der Waals surface area contributed by atoms with E-state index in [1.807, 2.05) is 18.2 Å². The summed E-state index contributed by atoms with van der Waals surface area (Å²) in [6, 6.07) is 8.04. The number of benzene rings is 1. The Hall–Kier alpha value is -1.01. The number of hydrogen-bond acceptors (Lipinski definition) is 2. The van der Waals surface area contributed by atoms with Crippen molar-refractivity contribution < 1.29 is 0 Å². The van der Waals surface area contributed by atoms with E-state index in [1.165, 1.54) is 19.3 Å². The summed E-state index contributed by atoms with van der Waals surface area (Å²) in [5.74, 6) is 0. The van der Waals surface area contributed by atoms with Crippen LogP contribution in [0.1, 0.15) is 31.7 Å². The van der Waals surface area contributed by atoms with Crippen LogP contribution in [0.2, 0.25) is 0 Å². The van der Waals surface area contributed by atoms with Gasteiger partial charge in [-0.05, 0) is 54.2 Å². The molecule has 0 bridgehead atoms. The predicted octanol–water partition coefficient (Wildman–Crippen LogP) is 3.68. The summed E-state index contributed by atoms with van der Waals surface area (Å²) in [6.45, 7) is 2.21. The minimum Gasteiger partial charge on any atom is -0.379 e. The van der Waals surface area contributed by atoms with Crippen molar-refractivity contribution in [1.82, 2.24) is 0 Å². The van der Waals surface area contributed by atoms with Gasteiger partial charge in [0.15, 0.2) is 0 Å². The number of nitrogens with one attached hydrogen (secondary N) is 1. The molecule has 0 amide bonds. The van der Waals surface area contributed by atoms with Crippen molar-refractivity contribution in [1.29, 1.82) is 5.26 Å². The molecule has 0 unspecified atom stereocenters. The molecule has 0 aliphatic heterocycles. The fourth-order valence-electron chi connectivity index (χ4n) is 1.90. The largest absolute Gasteiger partial charge is 0.379 e. The van der Waals surface area contributed by atoms with Crippen molar-refractivity contribution in [2.45, 2.75) is 31.7 Å². The second-order valence-corrected chi connectivity index (χ2v) is 5.17. The Morgan fingerprint density at radius 1 is 1.47 bits per heavy atom. The third kappa shape index (κ3) is 2.00. The van der Waals surface area contributed by atoms with E-state index in [0.717, 1.165) is 10.2 Å². The predicted molar refractivity (Wildman–Crippen MR) is 64.7 cm³/mol. The summed E-state index contributed by atoms with van der Waals surface area (Å²) >= 11 is 3.39. The molecular weight excluding hydrogens is 252 g/mol. The van der Waals surface area contributed by atoms with Gasteiger partial charge in [0, 0.05) is 10.0 Å². The average molecular weight is 265 g/mol. The summed E-state index contributed by atoms with van der Waals surface area (Å²) in [4.78, 5) is 0. The molecule has 0 radical (unpaired) electrons. The van der Waals surface area contributed by atoms with Crippen LogP contribution in [0.15, 0.2) is 22.7 Å². The molecular formula is C12H13BrN2. The molecule has 1 aromatic carbocycles. The fraction of sp³-hybridized carbons (Fsp3) is 0.417. The molecule has 0 spiro atoms. The first-order valence-electron chi connectivity index (χ1n) is 5.11. The lowest BCUT2D eigenvalue weighted by Gasteiger charge is -2.40. The van der Waals surface area contributed by atoms with Crippen molar-refractivity contribution in [2.75, 3.05) is 5.32 Å². The molecule has 1 fully saturated rings. The van der Waals surface area contributed by atoms with E-state index < -0.39 is 0 Å². The van der Waals surface area contributed by atoms with Gasteiger partial charge in [-0.2, -0.15) is 5.26 Å². The molecule has 1 saturated carbocycles. The summed E-state index contributed by atoms with van der Waals surface area (Å²) < 4.78 is 0.859. The third-order valence-electron chi connectivity index (χ3n) is 3.02. The van der Waals surface area contributed by atoms with Crippen LogP contribution in [0.5, 0.6) is 0 Å². The van der Waals surface area contributed by atoms with Gasteiger partial charge in [-0.1, -0.05) is 6.07 Å². The van der Waals surface area contributed by atoms with Crippen LogP contribution in [0, 0.1) is 11.3 Å². The van der Waals surface area contributed by atoms with E-state index in [0.29, 0.717) is 5.56 Å². The molecule has 0 aromatic heterocycles. The number of hydrogen-bond donors (Lipinski definition) is 1. The number of rotatable bonds is 2. The highest BCUT2D eigenvalue weighted by atomic mass is 79.9. The summed E-state index contributed by atoms with van der Waals surface area (Å²) in [5, 5.41) is 12.5. The Kier molecular flexibility index (Phi) is 2.70. The van der Waals surface area contributed by atoms with Crippen LogP contribution >= 0.6 is 15.9 Å². The highest BCUT2D eigenvalue weighted by molar-refractivity contribution is 9.10. The lowest BCUT2D eigenvalue weighted by Crippen LogP contribution is -2.41. The molecule has 15 heavy (non-hydrogen) atoms. The number of anilines is 1. The number of halogens is 1. The van der Waals surface area contributed by atoms with Gasteiger partial charge in [0.05, 0.1) is 11.3 Å². The van der Waals surface area contributed by atoms with Gasteiger partial charge >= 0.3 is 0 Å². The number of nitriles is 1. The maximum atomic E-state index is 9.07. The Morgan fingerprint density at radius 3 is 2.73 bits per heavy atom. The average Bonchev–Trinajstić information content (AvgIpc) is 2.16. The van der Waals surface area contributed by atoms with E-state index in [-0.39, 0.29) is 5.54 Å². The molecule has 78 valence electrons. The van der Waals surface area contributed by atoms with Crippen molar-refractivity contribution in [3.05, 3.63) is 28.2 Å². The molecule has 0 saturated heterocycles. The normalized spacial score (nSPS) is 17.7. The van der Waals surface area contributed by atoms with Crippen LogP contribution < -0.4 is 5.32 Å². The Bertz CT molecular complexity index is 416. The molecule has 1 aromatic rings. The van der Waals surface area contributed by atoms with Gasteiger partial charge in [0.1, 0.15) is 6.07 Å². The van der Waals surface area contributed by atoms with Crippen LogP contribution in [0.25, 0.3) is 0 Å². The minimum absolute atomic E-state index is 0.187. The second kappa shape index (κ2) is 3.86. The van der Waals surface area contributed by atoms with Gasteiger partial charge in [-0.15, -0.1) is 0 Å². The summed E-state index contributed by atoms with van der Waals surface area (Å²) in [6.07, 6.45) is 3.65. The van der Waals surface area contributed by atoms with Crippen LogP contribution in [-0.4, -0.2) is 5.54 Å². The SMILES string of the molecule is CC1(Nc2cccc(Br)c2C#N)CCC1. The Labute approximate surface area is 98.4 Å². The zero-order valence-electron chi connectivity index (χ0n) is 8.68. The second-order valence-electron chi connectivity index (χ2n) is 4.31. The third-order valence-corrected chi connectivity index (χ3v) is 3.68. The van der Waals surface area contributed by atoms with E-state index in [1.54, 1.807) is 0 Å². The molecule has 0 atom stereocenters. The molecule has 2 rings (SSSR count). The lowest BCUT2D eigenvalue weighted by molar-refractivity contribution is 0.306. The topological polar surface area (TPSA) is 35.8 Å². The molecule has 0 heterocycles. The maximum absolute atomic E-state index is 9.07. The molecule has 1 aliphatic rings. The van der Waals surface area contributed by atoms with E-state index >= 15 is 0 Å². The standard InChI is InChI=1S/C12H13BrN2/c1-12(6-3-7-12)15-11-5-2-4-10(13)9(11)8-14/h2,4-5,15H,3,6-7H2,1H3. The molecule has 2 nitrogen and oxygen atoms in total. The summed E-state index contributed by atoms with van der Waals surface area (Å²) in [7, 11) is 0. The van der Waals surface area contributed by atoms with E-state index in [2.05, 4.69) is 34.2 Å². The smallest absolute Gasteiger partial charge is 0.103 e. The Morgan fingerprint density at radius 2 is 2.20 bits per heavy atom. The van der Waals surface area contributed by atoms with Gasteiger partial charge in [-0.25, -0.2) is 0 Å². The first kappa shape index (κ1) is 10.5. The van der Waals surface area contributed by atoms with Gasteiger partial charge in [0.2, 0.25) is 0 Å². The van der Waals surface area contributed by atoms with E-state index in [9.17, 15) is 0 Å². The highest BCUT2D eigenvalue weighted by Crippen LogP contribution is 2.36. The molecule has 1 aliphatic carbocycles. The van der Waals surface area contributed by atoms with Gasteiger partial charge in [-0.3, -0.25) is 0 Å². The minimum atomic E-state index is 0.187. The van der Waals surface area contributed by atoms with Crippen LogP contribution in [0.3, 0.4) is 0 Å². The van der Waals surface area contributed by atoms with E-state index in [4.69, 9.17) is 5.26 Å². The monoisotopic (exact) mass is 264 g/mol. The first-order valence-corrected chi connectivity index (χ1v) is 5.91. The quantitative estimate of drug-likeness (QED) is 0.885. The lowest BCUT2D eigenvalue weighted by atomic mass is 9.78. The zero-order valence-corrected chi connectivity index (χ0v) is 10.3. The number of nitrogens with zero attached hydrogens (tertiary/aromatic N) is 1. The van der Waals surface area contributed by atoms with Gasteiger partial charge in [0.25, 0.3) is 0 Å². The zero-order chi connectivity index (χ0) is 10.9. The van der Waals surface area contributed by atoms with Crippen molar-refractivity contribution in [2.24, 2.45) is 0 Å². The van der Waals surface area contributed by atoms with Gasteiger partial charge < -0.3 is 5.32 Å². The van der Waals surface area contributed by atoms with Crippen LogP contribution in [0.4, 0.5) is 5.69 Å². The fourth-order valence-corrected chi connectivity index (χ4v) is 2.35. The molecule has 1 N–H and O–H groups in total.